The summed E-state index contributed by atoms with van der Waals surface area (Å²) in [5.41, 5.74) is 5.24. The smallest absolute Gasteiger partial charge is 0.338 e. The quantitative estimate of drug-likeness (QED) is 0.0321. The number of carbonyl (C=O) groups is 4. The van der Waals surface area contributed by atoms with Gasteiger partial charge in [-0.15, -0.1) is 11.3 Å². The summed E-state index contributed by atoms with van der Waals surface area (Å²) in [6.45, 7) is 5.86. The summed E-state index contributed by atoms with van der Waals surface area (Å²) in [7, 11) is 0. The Morgan fingerprint density at radius 1 is 0.652 bits per heavy atom. The average Bonchev–Trinajstić information content (AvgIpc) is 3.77. The molecule has 0 bridgehead atoms. The lowest BCUT2D eigenvalue weighted by molar-refractivity contribution is -0.180. The second-order valence-corrected chi connectivity index (χ2v) is 16.6. The molecule has 12 nitrogen and oxygen atoms in total. The molecule has 0 spiro atoms. The summed E-state index contributed by atoms with van der Waals surface area (Å²) < 4.78 is 13.1. The monoisotopic (exact) mass is 905 g/mol. The second-order valence-electron chi connectivity index (χ2n) is 15.7. The molecule has 0 fully saturated rings. The maximum Gasteiger partial charge on any atom is 0.338 e. The van der Waals surface area contributed by atoms with Gasteiger partial charge >= 0.3 is 6.03 Å². The predicted molar refractivity (Wildman–Crippen MR) is 258 cm³/mol. The maximum absolute atomic E-state index is 15.3. The van der Waals surface area contributed by atoms with Gasteiger partial charge in [0.25, 0.3) is 0 Å². The van der Waals surface area contributed by atoms with Crippen LogP contribution in [0.25, 0.3) is 20.9 Å². The molecule has 6 aromatic carbocycles. The van der Waals surface area contributed by atoms with E-state index < -0.39 is 60.7 Å². The van der Waals surface area contributed by atoms with Crippen molar-refractivity contribution in [3.8, 4) is 0 Å². The largest absolute Gasteiger partial charge is 0.351 e. The minimum Gasteiger partial charge on any atom is -0.351 e. The van der Waals surface area contributed by atoms with Crippen LogP contribution in [0, 0.1) is 0 Å². The fraction of sp³-hybridized carbons (Fsp3) is 0.245. The van der Waals surface area contributed by atoms with Gasteiger partial charge in [0.2, 0.25) is 17.7 Å². The molecule has 0 aliphatic heterocycles. The predicted octanol–water partition coefficient (Wildman–Crippen LogP) is 8.58. The summed E-state index contributed by atoms with van der Waals surface area (Å²) in [4.78, 5) is 63.9. The van der Waals surface area contributed by atoms with Crippen LogP contribution in [0.3, 0.4) is 0 Å². The molecule has 0 unspecified atom stereocenters. The van der Waals surface area contributed by atoms with Gasteiger partial charge in [-0.3, -0.25) is 19.2 Å². The van der Waals surface area contributed by atoms with Crippen LogP contribution in [0.4, 0.5) is 4.79 Å². The molecular formula is C53H55N5O7S. The number of urea groups is 1. The third kappa shape index (κ3) is 11.3. The van der Waals surface area contributed by atoms with Crippen LogP contribution in [-0.2, 0) is 47.3 Å². The highest BCUT2D eigenvalue weighted by molar-refractivity contribution is 7.17. The van der Waals surface area contributed by atoms with Crippen molar-refractivity contribution in [2.45, 2.75) is 64.2 Å². The molecule has 0 radical (unpaired) electrons. The molecule has 340 valence electrons. The molecule has 66 heavy (non-hydrogen) atoms. The molecule has 1 aromatic heterocycles. The number of fused-ring (bicyclic) bond motifs is 2. The van der Waals surface area contributed by atoms with Gasteiger partial charge in [-0.25, -0.2) is 10.3 Å². The van der Waals surface area contributed by atoms with E-state index >= 15 is 4.79 Å². The van der Waals surface area contributed by atoms with E-state index in [-0.39, 0.29) is 13.1 Å². The highest BCUT2D eigenvalue weighted by atomic mass is 32.1. The summed E-state index contributed by atoms with van der Waals surface area (Å²) in [6, 6.07) is 47.8. The zero-order valence-electron chi connectivity index (χ0n) is 37.3. The molecule has 2 atom stereocenters. The first-order valence-corrected chi connectivity index (χ1v) is 23.0. The van der Waals surface area contributed by atoms with E-state index in [1.807, 2.05) is 184 Å². The number of benzene rings is 6. The first-order valence-electron chi connectivity index (χ1n) is 22.1. The number of hydroxylamine groups is 1. The van der Waals surface area contributed by atoms with E-state index in [0.29, 0.717) is 13.2 Å². The molecule has 0 aliphatic carbocycles. The van der Waals surface area contributed by atoms with E-state index in [4.69, 9.17) is 14.3 Å². The van der Waals surface area contributed by atoms with E-state index in [1.165, 1.54) is 0 Å². The van der Waals surface area contributed by atoms with Gasteiger partial charge in [-0.2, -0.15) is 0 Å². The lowest BCUT2D eigenvalue weighted by Crippen LogP contribution is -2.57. The fourth-order valence-electron chi connectivity index (χ4n) is 8.25. The minimum absolute atomic E-state index is 0.131. The van der Waals surface area contributed by atoms with Crippen molar-refractivity contribution >= 4 is 55.9 Å². The summed E-state index contributed by atoms with van der Waals surface area (Å²) >= 11 is 1.56. The summed E-state index contributed by atoms with van der Waals surface area (Å²) in [5, 5.41) is 13.9. The van der Waals surface area contributed by atoms with Crippen molar-refractivity contribution in [1.82, 2.24) is 26.3 Å². The van der Waals surface area contributed by atoms with Gasteiger partial charge in [0.05, 0.1) is 12.5 Å². The summed E-state index contributed by atoms with van der Waals surface area (Å²) in [5.74, 6) is -1.80. The number of rotatable bonds is 21. The van der Waals surface area contributed by atoms with Crippen LogP contribution < -0.4 is 21.4 Å². The van der Waals surface area contributed by atoms with Gasteiger partial charge < -0.3 is 30.3 Å². The number of carbonyl (C=O) groups excluding carboxylic acids is 4. The zero-order chi connectivity index (χ0) is 46.3. The normalized spacial score (nSPS) is 12.4. The Labute approximate surface area is 389 Å². The Kier molecular flexibility index (Phi) is 16.3. The van der Waals surface area contributed by atoms with Gasteiger partial charge in [-0.05, 0) is 76.2 Å². The van der Waals surface area contributed by atoms with Crippen LogP contribution in [0.5, 0.6) is 0 Å². The molecule has 0 saturated heterocycles. The number of thiophene rings is 1. The number of nitrogens with zero attached hydrogens (tertiary/aromatic N) is 1. The molecule has 7 rings (SSSR count). The highest BCUT2D eigenvalue weighted by Crippen LogP contribution is 2.37. The topological polar surface area (TPSA) is 147 Å². The Balaban J connectivity index is 1.17. The average molecular weight is 906 g/mol. The first-order chi connectivity index (χ1) is 32.2. The van der Waals surface area contributed by atoms with Crippen LogP contribution >= 0.6 is 11.3 Å². The van der Waals surface area contributed by atoms with Gasteiger partial charge in [0.1, 0.15) is 11.6 Å². The molecule has 4 N–H and O–H groups in total. The minimum atomic E-state index is -1.41. The number of amides is 5. The number of hydrogen-bond donors (Lipinski definition) is 4. The van der Waals surface area contributed by atoms with Crippen LogP contribution in [-0.4, -0.2) is 66.8 Å². The highest BCUT2D eigenvalue weighted by Gasteiger charge is 2.40. The molecule has 0 saturated carbocycles. The standard InChI is InChI=1S/C53H55N5O7S/c1-4-63-51(64-5-2)37(3)58(34-40-36-66-47-31-18-17-30-45(40)47)50(61)46(55-49(60)35-65-57-52(62)54-33-39-22-19-21-38-20-15-16-29-44(38)39)32-48(59)56-53(41-23-9-6-10-24-41,42-25-11-7-12-26-42)43-27-13-8-14-28-43/h6-31,36-37,46,51H,4-5,32-35H2,1-3H3,(H,55,60)(H,56,59)(H2,54,57,62)/t37-,46-/m0/s1. The van der Waals surface area contributed by atoms with Crippen molar-refractivity contribution in [2.24, 2.45) is 0 Å². The fourth-order valence-corrected chi connectivity index (χ4v) is 9.21. The third-order valence-corrected chi connectivity index (χ3v) is 12.4. The Hall–Kier alpha value is -6.90. The molecule has 0 aliphatic rings. The van der Waals surface area contributed by atoms with Crippen molar-refractivity contribution < 1.29 is 33.5 Å². The molecule has 5 amide bonds. The van der Waals surface area contributed by atoms with E-state index in [1.54, 1.807) is 16.2 Å². The second kappa shape index (κ2) is 22.8. The number of nitrogens with one attached hydrogen (secondary N) is 4. The van der Waals surface area contributed by atoms with Gasteiger partial charge in [-0.1, -0.05) is 152 Å². The maximum atomic E-state index is 15.3. The van der Waals surface area contributed by atoms with Crippen molar-refractivity contribution in [2.75, 3.05) is 19.8 Å². The van der Waals surface area contributed by atoms with Crippen LogP contribution in [0.15, 0.2) is 163 Å². The molecular weight excluding hydrogens is 851 g/mol. The molecule has 1 heterocycles. The van der Waals surface area contributed by atoms with Crippen molar-refractivity contribution in [3.05, 3.63) is 191 Å². The SMILES string of the molecule is CCOC(OCC)[C@H](C)N(Cc1csc2ccccc12)C(=O)[C@H](CC(=O)NC(c1ccccc1)(c1ccccc1)c1ccccc1)NC(=O)CONC(=O)NCc1cccc2ccccc12. The van der Waals surface area contributed by atoms with Gasteiger partial charge in [0, 0.05) is 31.0 Å². The molecule has 13 heteroatoms. The van der Waals surface area contributed by atoms with E-state index in [2.05, 4.69) is 21.4 Å². The lowest BCUT2D eigenvalue weighted by Gasteiger charge is -2.38. The first kappa shape index (κ1) is 47.1. The van der Waals surface area contributed by atoms with Gasteiger partial charge in [0.15, 0.2) is 12.9 Å². The summed E-state index contributed by atoms with van der Waals surface area (Å²) in [6.07, 6.45) is -1.28. The van der Waals surface area contributed by atoms with Crippen molar-refractivity contribution in [3.63, 3.8) is 0 Å². The number of hydrogen-bond acceptors (Lipinski definition) is 8. The molecule has 7 aromatic rings. The Bertz CT molecular complexity index is 2590. The van der Waals surface area contributed by atoms with Crippen molar-refractivity contribution in [1.29, 1.82) is 0 Å². The third-order valence-electron chi connectivity index (χ3n) is 11.4. The van der Waals surface area contributed by atoms with Crippen LogP contribution in [0.2, 0.25) is 0 Å². The Morgan fingerprint density at radius 3 is 1.83 bits per heavy atom. The van der Waals surface area contributed by atoms with E-state index in [9.17, 15) is 14.4 Å². The lowest BCUT2D eigenvalue weighted by atomic mass is 9.77. The zero-order valence-corrected chi connectivity index (χ0v) is 38.1. The van der Waals surface area contributed by atoms with E-state index in [0.717, 1.165) is 48.7 Å². The van der Waals surface area contributed by atoms with Crippen LogP contribution in [0.1, 0.15) is 55.0 Å². The number of ether oxygens (including phenoxy) is 2. The Morgan fingerprint density at radius 2 is 1.21 bits per heavy atom.